The van der Waals surface area contributed by atoms with Gasteiger partial charge in [-0.1, -0.05) is 0 Å². The Kier molecular flexibility index (Phi) is 6.27. The van der Waals surface area contributed by atoms with Gasteiger partial charge in [0, 0.05) is 19.8 Å². The lowest BCUT2D eigenvalue weighted by atomic mass is 10.2. The summed E-state index contributed by atoms with van der Waals surface area (Å²) in [5.41, 5.74) is 1.62. The van der Waals surface area contributed by atoms with Crippen LogP contribution in [0.1, 0.15) is 5.56 Å². The zero-order chi connectivity index (χ0) is 15.1. The number of rotatable bonds is 6. The highest BCUT2D eigenvalue weighted by Crippen LogP contribution is 2.21. The van der Waals surface area contributed by atoms with Gasteiger partial charge >= 0.3 is 6.03 Å². The molecule has 1 rings (SSSR count). The van der Waals surface area contributed by atoms with Gasteiger partial charge in [0.15, 0.2) is 0 Å². The van der Waals surface area contributed by atoms with E-state index in [1.165, 1.54) is 12.0 Å². The molecule has 2 N–H and O–H groups in total. The fourth-order valence-corrected chi connectivity index (χ4v) is 1.82. The van der Waals surface area contributed by atoms with E-state index in [1.807, 2.05) is 13.0 Å². The smallest absolute Gasteiger partial charge is 0.321 e. The van der Waals surface area contributed by atoms with Crippen molar-refractivity contribution in [1.82, 2.24) is 4.90 Å². The molecule has 0 aliphatic carbocycles. The maximum absolute atomic E-state index is 11.9. The Labute approximate surface area is 119 Å². The van der Waals surface area contributed by atoms with Crippen molar-refractivity contribution < 1.29 is 19.4 Å². The van der Waals surface area contributed by atoms with Crippen molar-refractivity contribution in [2.24, 2.45) is 0 Å². The number of likely N-dealkylation sites (N-methyl/N-ethyl adjacent to an activating group) is 1. The van der Waals surface area contributed by atoms with Gasteiger partial charge in [-0.2, -0.15) is 0 Å². The van der Waals surface area contributed by atoms with Gasteiger partial charge in [-0.3, -0.25) is 0 Å². The number of aliphatic hydroxyl groups is 1. The number of hydrogen-bond donors (Lipinski definition) is 2. The number of urea groups is 1. The molecule has 0 spiro atoms. The lowest BCUT2D eigenvalue weighted by molar-refractivity contribution is 0.0501. The minimum absolute atomic E-state index is 0.194. The zero-order valence-electron chi connectivity index (χ0n) is 12.3. The Hall–Kier alpha value is -1.79. The molecular formula is C14H22N2O4. The highest BCUT2D eigenvalue weighted by atomic mass is 16.5. The van der Waals surface area contributed by atoms with Gasteiger partial charge < -0.3 is 24.8 Å². The number of carbonyl (C=O) groups is 1. The third-order valence-electron chi connectivity index (χ3n) is 2.84. The van der Waals surface area contributed by atoms with Crippen molar-refractivity contribution in [1.29, 1.82) is 0 Å². The molecule has 1 aromatic rings. The number of nitrogens with zero attached hydrogens (tertiary/aromatic N) is 1. The van der Waals surface area contributed by atoms with E-state index in [0.717, 1.165) is 11.3 Å². The molecular weight excluding hydrogens is 260 g/mol. The summed E-state index contributed by atoms with van der Waals surface area (Å²) in [6, 6.07) is 5.11. The molecule has 0 aliphatic rings. The van der Waals surface area contributed by atoms with Gasteiger partial charge in [-0.15, -0.1) is 0 Å². The predicted octanol–water partition coefficient (Wildman–Crippen LogP) is 1.47. The normalized spacial score (nSPS) is 11.8. The molecule has 1 aromatic carbocycles. The van der Waals surface area contributed by atoms with Crippen molar-refractivity contribution in [3.63, 3.8) is 0 Å². The number of nitrogens with one attached hydrogen (secondary N) is 1. The molecule has 1 unspecified atom stereocenters. The maximum atomic E-state index is 11.9. The number of aryl methyl sites for hydroxylation is 1. The van der Waals surface area contributed by atoms with E-state index in [2.05, 4.69) is 5.32 Å². The Morgan fingerprint density at radius 2 is 2.15 bits per heavy atom. The molecule has 0 radical (unpaired) electrons. The van der Waals surface area contributed by atoms with Crippen LogP contribution in [0, 0.1) is 6.92 Å². The lowest BCUT2D eigenvalue weighted by Crippen LogP contribution is -2.38. The number of methoxy groups -OCH3 is 2. The van der Waals surface area contributed by atoms with Crippen LogP contribution >= 0.6 is 0 Å². The standard InChI is InChI=1S/C14H22N2O4/c1-10-7-11(5-6-13(10)20-4)15-14(18)16(2)8-12(17)9-19-3/h5-7,12,17H,8-9H2,1-4H3,(H,15,18). The number of anilines is 1. The Morgan fingerprint density at radius 3 is 2.70 bits per heavy atom. The predicted molar refractivity (Wildman–Crippen MR) is 77.3 cm³/mol. The van der Waals surface area contributed by atoms with Crippen LogP contribution in [0.15, 0.2) is 18.2 Å². The van der Waals surface area contributed by atoms with Crippen molar-refractivity contribution >= 4 is 11.7 Å². The van der Waals surface area contributed by atoms with Crippen LogP contribution < -0.4 is 10.1 Å². The molecule has 0 fully saturated rings. The molecule has 0 heterocycles. The molecule has 20 heavy (non-hydrogen) atoms. The number of hydrogen-bond acceptors (Lipinski definition) is 4. The average Bonchev–Trinajstić information content (AvgIpc) is 2.39. The second-order valence-corrected chi connectivity index (χ2v) is 4.60. The van der Waals surface area contributed by atoms with E-state index in [4.69, 9.17) is 9.47 Å². The van der Waals surface area contributed by atoms with Crippen LogP contribution in [0.5, 0.6) is 5.75 Å². The molecule has 0 bridgehead atoms. The Morgan fingerprint density at radius 1 is 1.45 bits per heavy atom. The Balaban J connectivity index is 2.59. The number of benzene rings is 1. The summed E-state index contributed by atoms with van der Waals surface area (Å²) in [7, 11) is 4.72. The third kappa shape index (κ3) is 4.71. The van der Waals surface area contributed by atoms with Crippen LogP contribution in [0.4, 0.5) is 10.5 Å². The van der Waals surface area contributed by atoms with Gasteiger partial charge in [0.05, 0.1) is 26.4 Å². The first kappa shape index (κ1) is 16.3. The van der Waals surface area contributed by atoms with Crippen molar-refractivity contribution in [3.05, 3.63) is 23.8 Å². The summed E-state index contributed by atoms with van der Waals surface area (Å²) in [6.45, 7) is 2.30. The van der Waals surface area contributed by atoms with Crippen LogP contribution in [0.2, 0.25) is 0 Å². The highest BCUT2D eigenvalue weighted by molar-refractivity contribution is 5.89. The van der Waals surface area contributed by atoms with Gasteiger partial charge in [-0.25, -0.2) is 4.79 Å². The summed E-state index contributed by atoms with van der Waals surface area (Å²) in [5.74, 6) is 0.770. The molecule has 6 nitrogen and oxygen atoms in total. The van der Waals surface area contributed by atoms with E-state index >= 15 is 0 Å². The summed E-state index contributed by atoms with van der Waals surface area (Å²) < 4.78 is 9.98. The molecule has 6 heteroatoms. The van der Waals surface area contributed by atoms with Gasteiger partial charge in [0.1, 0.15) is 5.75 Å². The van der Waals surface area contributed by atoms with Crippen LogP contribution in [-0.2, 0) is 4.74 Å². The minimum atomic E-state index is -0.701. The third-order valence-corrected chi connectivity index (χ3v) is 2.84. The van der Waals surface area contributed by atoms with Crippen molar-refractivity contribution in [3.8, 4) is 5.75 Å². The fraction of sp³-hybridized carbons (Fsp3) is 0.500. The van der Waals surface area contributed by atoms with E-state index in [0.29, 0.717) is 5.69 Å². The molecule has 0 saturated heterocycles. The van der Waals surface area contributed by atoms with Gasteiger partial charge in [0.2, 0.25) is 0 Å². The first-order chi connectivity index (χ1) is 9.47. The second kappa shape index (κ2) is 7.72. The van der Waals surface area contributed by atoms with E-state index in [9.17, 15) is 9.90 Å². The van der Waals surface area contributed by atoms with Crippen LogP contribution in [-0.4, -0.2) is 56.6 Å². The summed E-state index contributed by atoms with van der Waals surface area (Å²) in [6.07, 6.45) is -0.701. The molecule has 0 aliphatic heterocycles. The monoisotopic (exact) mass is 282 g/mol. The Bertz CT molecular complexity index is 451. The van der Waals surface area contributed by atoms with E-state index < -0.39 is 6.10 Å². The van der Waals surface area contributed by atoms with Crippen LogP contribution in [0.25, 0.3) is 0 Å². The summed E-state index contributed by atoms with van der Waals surface area (Å²) in [5, 5.41) is 12.3. The minimum Gasteiger partial charge on any atom is -0.496 e. The largest absolute Gasteiger partial charge is 0.496 e. The fourth-order valence-electron chi connectivity index (χ4n) is 1.82. The first-order valence-electron chi connectivity index (χ1n) is 6.31. The highest BCUT2D eigenvalue weighted by Gasteiger charge is 2.14. The topological polar surface area (TPSA) is 71.0 Å². The SMILES string of the molecule is COCC(O)CN(C)C(=O)Nc1ccc(OC)c(C)c1. The average molecular weight is 282 g/mol. The van der Waals surface area contributed by atoms with Crippen molar-refractivity contribution in [2.75, 3.05) is 39.7 Å². The quantitative estimate of drug-likeness (QED) is 0.829. The second-order valence-electron chi connectivity index (χ2n) is 4.60. The molecule has 0 saturated carbocycles. The van der Waals surface area contributed by atoms with E-state index in [1.54, 1.807) is 26.3 Å². The van der Waals surface area contributed by atoms with Crippen LogP contribution in [0.3, 0.4) is 0 Å². The molecule has 112 valence electrons. The van der Waals surface area contributed by atoms with E-state index in [-0.39, 0.29) is 19.2 Å². The number of aliphatic hydroxyl groups excluding tert-OH is 1. The van der Waals surface area contributed by atoms with Crippen molar-refractivity contribution in [2.45, 2.75) is 13.0 Å². The molecule has 2 amide bonds. The number of amides is 2. The summed E-state index contributed by atoms with van der Waals surface area (Å²) >= 11 is 0. The maximum Gasteiger partial charge on any atom is 0.321 e. The molecule has 0 aromatic heterocycles. The molecule has 1 atom stereocenters. The zero-order valence-corrected chi connectivity index (χ0v) is 12.3. The summed E-state index contributed by atoms with van der Waals surface area (Å²) in [4.78, 5) is 13.4. The number of ether oxygens (including phenoxy) is 2. The first-order valence-corrected chi connectivity index (χ1v) is 6.31. The lowest BCUT2D eigenvalue weighted by Gasteiger charge is -2.21. The van der Waals surface area contributed by atoms with Gasteiger partial charge in [0.25, 0.3) is 0 Å². The van der Waals surface area contributed by atoms with Gasteiger partial charge in [-0.05, 0) is 30.7 Å². The number of carbonyl (C=O) groups excluding carboxylic acids is 1.